The molecule has 1 aliphatic rings. The normalized spacial score (nSPS) is 18.9. The molecule has 1 amide bonds. The van der Waals surface area contributed by atoms with E-state index in [2.05, 4.69) is 53.4 Å². The molecular weight excluding hydrogens is 274 g/mol. The van der Waals surface area contributed by atoms with Crippen LogP contribution in [0.1, 0.15) is 32.6 Å². The number of carbonyl (C=O) groups is 1. The van der Waals surface area contributed by atoms with Gasteiger partial charge in [0.15, 0.2) is 0 Å². The summed E-state index contributed by atoms with van der Waals surface area (Å²) >= 11 is 0. The Hall–Kier alpha value is -1.55. The molecule has 0 unspecified atom stereocenters. The van der Waals surface area contributed by atoms with Crippen LogP contribution in [0.4, 0.5) is 5.69 Å². The Kier molecular flexibility index (Phi) is 6.72. The molecule has 122 valence electrons. The van der Waals surface area contributed by atoms with Crippen LogP contribution in [0.3, 0.4) is 0 Å². The van der Waals surface area contributed by atoms with Gasteiger partial charge in [0.1, 0.15) is 0 Å². The van der Waals surface area contributed by atoms with Gasteiger partial charge in [-0.3, -0.25) is 9.69 Å². The Morgan fingerprint density at radius 2 is 2.09 bits per heavy atom. The van der Waals surface area contributed by atoms with Gasteiger partial charge in [-0.15, -0.1) is 0 Å². The number of rotatable bonds is 7. The molecule has 1 N–H and O–H groups in total. The fourth-order valence-electron chi connectivity index (χ4n) is 3.12. The molecule has 0 aliphatic carbocycles. The average molecular weight is 303 g/mol. The van der Waals surface area contributed by atoms with Crippen molar-refractivity contribution in [3.8, 4) is 0 Å². The Morgan fingerprint density at radius 3 is 2.82 bits per heavy atom. The Bertz CT molecular complexity index is 449. The zero-order valence-corrected chi connectivity index (χ0v) is 13.9. The number of benzene rings is 1. The second kappa shape index (κ2) is 8.79. The topological polar surface area (TPSA) is 35.6 Å². The lowest BCUT2D eigenvalue weighted by Gasteiger charge is -2.33. The van der Waals surface area contributed by atoms with Crippen LogP contribution in [0.15, 0.2) is 30.3 Å². The van der Waals surface area contributed by atoms with Gasteiger partial charge in [0.2, 0.25) is 5.91 Å². The molecule has 1 aromatic carbocycles. The zero-order chi connectivity index (χ0) is 15.8. The fourth-order valence-corrected chi connectivity index (χ4v) is 3.12. The predicted octanol–water partition coefficient (Wildman–Crippen LogP) is 2.50. The zero-order valence-electron chi connectivity index (χ0n) is 13.9. The second-order valence-corrected chi connectivity index (χ2v) is 6.04. The molecule has 1 aromatic rings. The van der Waals surface area contributed by atoms with E-state index in [1.54, 1.807) is 0 Å². The van der Waals surface area contributed by atoms with Gasteiger partial charge in [-0.1, -0.05) is 31.5 Å². The van der Waals surface area contributed by atoms with Crippen LogP contribution in [0.25, 0.3) is 0 Å². The maximum absolute atomic E-state index is 12.3. The summed E-state index contributed by atoms with van der Waals surface area (Å²) < 4.78 is 0. The van der Waals surface area contributed by atoms with E-state index in [0.29, 0.717) is 0 Å². The third-order valence-electron chi connectivity index (χ3n) is 4.49. The van der Waals surface area contributed by atoms with Crippen molar-refractivity contribution >= 4 is 11.6 Å². The SMILES string of the molecule is CCN1CCCC[C@@H]1C(=O)NCCCN(C)c1ccccc1. The van der Waals surface area contributed by atoms with E-state index in [1.807, 2.05) is 6.07 Å². The summed E-state index contributed by atoms with van der Waals surface area (Å²) in [7, 11) is 2.09. The Balaban J connectivity index is 1.68. The fraction of sp³-hybridized carbons (Fsp3) is 0.611. The van der Waals surface area contributed by atoms with Crippen molar-refractivity contribution in [1.82, 2.24) is 10.2 Å². The number of carbonyl (C=O) groups excluding carboxylic acids is 1. The molecule has 1 atom stereocenters. The minimum Gasteiger partial charge on any atom is -0.375 e. The maximum atomic E-state index is 12.3. The first-order chi connectivity index (χ1) is 10.7. The lowest BCUT2D eigenvalue weighted by molar-refractivity contribution is -0.127. The first-order valence-corrected chi connectivity index (χ1v) is 8.50. The molecule has 0 radical (unpaired) electrons. The van der Waals surface area contributed by atoms with Crippen molar-refractivity contribution in [1.29, 1.82) is 0 Å². The van der Waals surface area contributed by atoms with Crippen LogP contribution in [-0.2, 0) is 4.79 Å². The van der Waals surface area contributed by atoms with Crippen LogP contribution in [-0.4, -0.2) is 50.1 Å². The van der Waals surface area contributed by atoms with E-state index in [-0.39, 0.29) is 11.9 Å². The van der Waals surface area contributed by atoms with Gasteiger partial charge in [0, 0.05) is 25.8 Å². The number of likely N-dealkylation sites (tertiary alicyclic amines) is 1. The number of likely N-dealkylation sites (N-methyl/N-ethyl adjacent to an activating group) is 1. The summed E-state index contributed by atoms with van der Waals surface area (Å²) in [5.41, 5.74) is 1.22. The van der Waals surface area contributed by atoms with Crippen molar-refractivity contribution < 1.29 is 4.79 Å². The van der Waals surface area contributed by atoms with E-state index >= 15 is 0 Å². The summed E-state index contributed by atoms with van der Waals surface area (Å²) in [4.78, 5) is 16.8. The van der Waals surface area contributed by atoms with Crippen molar-refractivity contribution in [2.24, 2.45) is 0 Å². The molecule has 1 saturated heterocycles. The highest BCUT2D eigenvalue weighted by atomic mass is 16.2. The van der Waals surface area contributed by atoms with E-state index in [4.69, 9.17) is 0 Å². The molecule has 4 nitrogen and oxygen atoms in total. The predicted molar refractivity (Wildman–Crippen MR) is 92.2 cm³/mol. The number of nitrogens with zero attached hydrogens (tertiary/aromatic N) is 2. The number of anilines is 1. The van der Waals surface area contributed by atoms with Crippen molar-refractivity contribution in [2.75, 3.05) is 38.1 Å². The van der Waals surface area contributed by atoms with Gasteiger partial charge in [-0.25, -0.2) is 0 Å². The third-order valence-corrected chi connectivity index (χ3v) is 4.49. The van der Waals surface area contributed by atoms with Crippen molar-refractivity contribution in [2.45, 2.75) is 38.6 Å². The minimum absolute atomic E-state index is 0.0885. The van der Waals surface area contributed by atoms with E-state index in [0.717, 1.165) is 39.0 Å². The summed E-state index contributed by atoms with van der Waals surface area (Å²) in [6, 6.07) is 10.4. The smallest absolute Gasteiger partial charge is 0.237 e. The van der Waals surface area contributed by atoms with Crippen LogP contribution >= 0.6 is 0 Å². The lowest BCUT2D eigenvalue weighted by atomic mass is 10.0. The first kappa shape index (κ1) is 16.8. The van der Waals surface area contributed by atoms with E-state index in [9.17, 15) is 4.79 Å². The van der Waals surface area contributed by atoms with Gasteiger partial charge in [0.25, 0.3) is 0 Å². The highest BCUT2D eigenvalue weighted by Gasteiger charge is 2.26. The number of nitrogens with one attached hydrogen (secondary N) is 1. The van der Waals surface area contributed by atoms with Crippen molar-refractivity contribution in [3.63, 3.8) is 0 Å². The molecule has 1 fully saturated rings. The summed E-state index contributed by atoms with van der Waals surface area (Å²) in [5, 5.41) is 3.12. The molecule has 0 bridgehead atoms. The molecule has 22 heavy (non-hydrogen) atoms. The summed E-state index contributed by atoms with van der Waals surface area (Å²) in [5.74, 6) is 0.212. The van der Waals surface area contributed by atoms with Crippen LogP contribution < -0.4 is 10.2 Å². The highest BCUT2D eigenvalue weighted by Crippen LogP contribution is 2.16. The van der Waals surface area contributed by atoms with Gasteiger partial charge in [0.05, 0.1) is 6.04 Å². The average Bonchev–Trinajstić information content (AvgIpc) is 2.59. The second-order valence-electron chi connectivity index (χ2n) is 6.04. The molecule has 0 aromatic heterocycles. The van der Waals surface area contributed by atoms with E-state index in [1.165, 1.54) is 18.5 Å². The van der Waals surface area contributed by atoms with Gasteiger partial charge < -0.3 is 10.2 Å². The van der Waals surface area contributed by atoms with Gasteiger partial charge in [-0.2, -0.15) is 0 Å². The first-order valence-electron chi connectivity index (χ1n) is 8.50. The maximum Gasteiger partial charge on any atom is 0.237 e. The quantitative estimate of drug-likeness (QED) is 0.786. The molecule has 4 heteroatoms. The monoisotopic (exact) mass is 303 g/mol. The van der Waals surface area contributed by atoms with Crippen molar-refractivity contribution in [3.05, 3.63) is 30.3 Å². The van der Waals surface area contributed by atoms with Crippen LogP contribution in [0, 0.1) is 0 Å². The Labute approximate surface area is 134 Å². The van der Waals surface area contributed by atoms with Crippen LogP contribution in [0.2, 0.25) is 0 Å². The standard InChI is InChI=1S/C18H29N3O/c1-3-21-15-8-7-12-17(21)18(22)19-13-9-14-20(2)16-10-5-4-6-11-16/h4-6,10-11,17H,3,7-9,12-15H2,1-2H3,(H,19,22)/t17-/m1/s1. The Morgan fingerprint density at radius 1 is 1.32 bits per heavy atom. The number of hydrogen-bond acceptors (Lipinski definition) is 3. The van der Waals surface area contributed by atoms with Crippen LogP contribution in [0.5, 0.6) is 0 Å². The number of amides is 1. The number of hydrogen-bond donors (Lipinski definition) is 1. The lowest BCUT2D eigenvalue weighted by Crippen LogP contribution is -2.49. The largest absolute Gasteiger partial charge is 0.375 e. The number of para-hydroxylation sites is 1. The molecule has 0 saturated carbocycles. The molecule has 1 aliphatic heterocycles. The molecule has 2 rings (SSSR count). The summed E-state index contributed by atoms with van der Waals surface area (Å²) in [6.45, 7) is 5.87. The minimum atomic E-state index is 0.0885. The van der Waals surface area contributed by atoms with Gasteiger partial charge >= 0.3 is 0 Å². The number of piperidine rings is 1. The molecule has 0 spiro atoms. The van der Waals surface area contributed by atoms with E-state index < -0.39 is 0 Å². The van der Waals surface area contributed by atoms with Gasteiger partial charge in [-0.05, 0) is 44.5 Å². The summed E-state index contributed by atoms with van der Waals surface area (Å²) in [6.07, 6.45) is 4.37. The molecular formula is C18H29N3O. The third kappa shape index (κ3) is 4.73. The molecule has 1 heterocycles. The highest BCUT2D eigenvalue weighted by molar-refractivity contribution is 5.81.